The minimum atomic E-state index is -3.60. The summed E-state index contributed by atoms with van der Waals surface area (Å²) in [6, 6.07) is 10.7. The Morgan fingerprint density at radius 1 is 1.15 bits per heavy atom. The van der Waals surface area contributed by atoms with Crippen molar-refractivity contribution >= 4 is 21.4 Å². The maximum Gasteiger partial charge on any atom is 0.242 e. The lowest BCUT2D eigenvalue weighted by Gasteiger charge is -2.10. The highest BCUT2D eigenvalue weighted by molar-refractivity contribution is 7.89. The number of nitrogens with one attached hydrogen (secondary N) is 1. The Kier molecular flexibility index (Phi) is 5.36. The van der Waals surface area contributed by atoms with Gasteiger partial charge in [-0.3, -0.25) is 4.98 Å². The lowest BCUT2D eigenvalue weighted by molar-refractivity contribution is 0.413. The quantitative estimate of drug-likeness (QED) is 0.699. The zero-order valence-corrected chi connectivity index (χ0v) is 16.3. The van der Waals surface area contributed by atoms with Gasteiger partial charge in [-0.25, -0.2) is 18.1 Å². The van der Waals surface area contributed by atoms with E-state index in [0.717, 1.165) is 9.75 Å². The summed E-state index contributed by atoms with van der Waals surface area (Å²) in [6.07, 6.45) is 1.68. The Labute approximate surface area is 157 Å². The highest BCUT2D eigenvalue weighted by Gasteiger charge is 2.19. The van der Waals surface area contributed by atoms with Gasteiger partial charge in [0.1, 0.15) is 5.75 Å². The van der Waals surface area contributed by atoms with Crippen LogP contribution in [0.1, 0.15) is 15.4 Å². The van der Waals surface area contributed by atoms with Crippen molar-refractivity contribution in [2.45, 2.75) is 25.3 Å². The highest BCUT2D eigenvalue weighted by Crippen LogP contribution is 2.25. The van der Waals surface area contributed by atoms with E-state index in [9.17, 15) is 8.42 Å². The molecular weight excluding hydrogens is 370 g/mol. The Hall–Kier alpha value is -2.29. The van der Waals surface area contributed by atoms with Crippen LogP contribution >= 0.6 is 11.3 Å². The Morgan fingerprint density at radius 2 is 1.96 bits per heavy atom. The second-order valence-corrected chi connectivity index (χ2v) is 8.90. The van der Waals surface area contributed by atoms with Gasteiger partial charge in [-0.15, -0.1) is 11.3 Å². The van der Waals surface area contributed by atoms with Gasteiger partial charge in [0.25, 0.3) is 0 Å². The molecule has 0 amide bonds. The number of aryl methyl sites for hydroxylation is 2. The summed E-state index contributed by atoms with van der Waals surface area (Å²) in [5.41, 5.74) is 1.87. The number of methoxy groups -OCH3 is 1. The van der Waals surface area contributed by atoms with Crippen LogP contribution < -0.4 is 9.46 Å². The molecule has 0 atom stereocenters. The second-order valence-electron chi connectivity index (χ2n) is 5.70. The average Bonchev–Trinajstić information content (AvgIpc) is 2.99. The molecule has 0 saturated carbocycles. The molecule has 26 heavy (non-hydrogen) atoms. The van der Waals surface area contributed by atoms with Crippen molar-refractivity contribution in [2.75, 3.05) is 7.11 Å². The SMILES string of the molecule is COc1cc(CNS(=O)(=O)c2cc(C)sc2C)nc(-c2ccccn2)c1. The number of sulfonamides is 1. The van der Waals surface area contributed by atoms with Crippen LogP contribution in [0, 0.1) is 13.8 Å². The number of hydrogen-bond donors (Lipinski definition) is 1. The summed E-state index contributed by atoms with van der Waals surface area (Å²) in [6.45, 7) is 3.75. The first kappa shape index (κ1) is 18.5. The summed E-state index contributed by atoms with van der Waals surface area (Å²) >= 11 is 1.46. The predicted octanol–water partition coefficient (Wildman–Crippen LogP) is 3.31. The monoisotopic (exact) mass is 389 g/mol. The number of pyridine rings is 2. The molecule has 0 aromatic carbocycles. The summed E-state index contributed by atoms with van der Waals surface area (Å²) in [5, 5.41) is 0. The van der Waals surface area contributed by atoms with Crippen LogP contribution in [0.15, 0.2) is 47.5 Å². The van der Waals surface area contributed by atoms with Crippen LogP contribution in [0.4, 0.5) is 0 Å². The van der Waals surface area contributed by atoms with E-state index in [4.69, 9.17) is 4.74 Å². The zero-order valence-electron chi connectivity index (χ0n) is 14.7. The maximum atomic E-state index is 12.6. The third kappa shape index (κ3) is 4.09. The molecule has 0 saturated heterocycles. The number of nitrogens with zero attached hydrogens (tertiary/aromatic N) is 2. The molecule has 0 unspecified atom stereocenters. The van der Waals surface area contributed by atoms with Gasteiger partial charge < -0.3 is 4.74 Å². The maximum absolute atomic E-state index is 12.6. The van der Waals surface area contributed by atoms with E-state index in [0.29, 0.717) is 27.7 Å². The largest absolute Gasteiger partial charge is 0.497 e. The van der Waals surface area contributed by atoms with Gasteiger partial charge >= 0.3 is 0 Å². The Balaban J connectivity index is 1.87. The van der Waals surface area contributed by atoms with E-state index >= 15 is 0 Å². The van der Waals surface area contributed by atoms with E-state index in [1.807, 2.05) is 25.1 Å². The van der Waals surface area contributed by atoms with Crippen molar-refractivity contribution in [2.24, 2.45) is 0 Å². The van der Waals surface area contributed by atoms with Crippen molar-refractivity contribution in [3.8, 4) is 17.1 Å². The van der Waals surface area contributed by atoms with Crippen LogP contribution in [0.3, 0.4) is 0 Å². The molecule has 3 aromatic rings. The van der Waals surface area contributed by atoms with Crippen LogP contribution in [0.25, 0.3) is 11.4 Å². The topological polar surface area (TPSA) is 81.2 Å². The van der Waals surface area contributed by atoms with Crippen LogP contribution in [0.2, 0.25) is 0 Å². The zero-order chi connectivity index (χ0) is 18.7. The first-order chi connectivity index (χ1) is 12.4. The standard InChI is InChI=1S/C18H19N3O3S2/c1-12-8-18(13(2)25-12)26(22,23)20-11-14-9-15(24-3)10-17(21-14)16-6-4-5-7-19-16/h4-10,20H,11H2,1-3H3. The van der Waals surface area contributed by atoms with Crippen LogP contribution in [-0.4, -0.2) is 25.5 Å². The summed E-state index contributed by atoms with van der Waals surface area (Å²) in [5.74, 6) is 0.595. The van der Waals surface area contributed by atoms with Crippen molar-refractivity contribution in [1.82, 2.24) is 14.7 Å². The minimum Gasteiger partial charge on any atom is -0.497 e. The number of aromatic nitrogens is 2. The molecule has 0 spiro atoms. The summed E-state index contributed by atoms with van der Waals surface area (Å²) < 4.78 is 33.1. The first-order valence-corrected chi connectivity index (χ1v) is 10.2. The van der Waals surface area contributed by atoms with Gasteiger partial charge in [0.15, 0.2) is 0 Å². The number of hydrogen-bond acceptors (Lipinski definition) is 6. The third-order valence-electron chi connectivity index (χ3n) is 3.74. The highest BCUT2D eigenvalue weighted by atomic mass is 32.2. The lowest BCUT2D eigenvalue weighted by atomic mass is 10.2. The summed E-state index contributed by atoms with van der Waals surface area (Å²) in [7, 11) is -2.04. The van der Waals surface area contributed by atoms with E-state index in [1.165, 1.54) is 11.3 Å². The van der Waals surface area contributed by atoms with E-state index < -0.39 is 10.0 Å². The molecular formula is C18H19N3O3S2. The Bertz CT molecular complexity index is 1020. The molecule has 0 aliphatic heterocycles. The van der Waals surface area contributed by atoms with E-state index in [2.05, 4.69) is 14.7 Å². The van der Waals surface area contributed by atoms with Gasteiger partial charge in [0.2, 0.25) is 10.0 Å². The molecule has 6 nitrogen and oxygen atoms in total. The predicted molar refractivity (Wildman–Crippen MR) is 102 cm³/mol. The van der Waals surface area contributed by atoms with Crippen LogP contribution in [-0.2, 0) is 16.6 Å². The molecule has 0 radical (unpaired) electrons. The number of thiophene rings is 1. The normalized spacial score (nSPS) is 11.5. The molecule has 0 aliphatic rings. The van der Waals surface area contributed by atoms with Crippen molar-refractivity contribution in [3.05, 3.63) is 58.0 Å². The smallest absolute Gasteiger partial charge is 0.242 e. The van der Waals surface area contributed by atoms with E-state index in [1.54, 1.807) is 38.4 Å². The van der Waals surface area contributed by atoms with Gasteiger partial charge in [-0.05, 0) is 32.0 Å². The molecule has 0 bridgehead atoms. The minimum absolute atomic E-state index is 0.0632. The first-order valence-electron chi connectivity index (χ1n) is 7.92. The van der Waals surface area contributed by atoms with Gasteiger partial charge in [0.05, 0.1) is 35.6 Å². The fourth-order valence-corrected chi connectivity index (χ4v) is 5.09. The molecule has 3 heterocycles. The molecule has 3 aromatic heterocycles. The molecule has 3 rings (SSSR count). The van der Waals surface area contributed by atoms with Gasteiger partial charge in [-0.2, -0.15) is 0 Å². The molecule has 0 fully saturated rings. The third-order valence-corrected chi connectivity index (χ3v) is 6.37. The molecule has 8 heteroatoms. The fraction of sp³-hybridized carbons (Fsp3) is 0.222. The Morgan fingerprint density at radius 3 is 2.58 bits per heavy atom. The van der Waals surface area contributed by atoms with Crippen molar-refractivity contribution < 1.29 is 13.2 Å². The van der Waals surface area contributed by atoms with E-state index in [-0.39, 0.29) is 6.54 Å². The molecule has 136 valence electrons. The number of rotatable bonds is 6. The van der Waals surface area contributed by atoms with Crippen molar-refractivity contribution in [3.63, 3.8) is 0 Å². The molecule has 1 N–H and O–H groups in total. The van der Waals surface area contributed by atoms with Gasteiger partial charge in [-0.1, -0.05) is 6.07 Å². The summed E-state index contributed by atoms with van der Waals surface area (Å²) in [4.78, 5) is 10.8. The second kappa shape index (κ2) is 7.53. The lowest BCUT2D eigenvalue weighted by Crippen LogP contribution is -2.24. The number of ether oxygens (including phenoxy) is 1. The average molecular weight is 390 g/mol. The van der Waals surface area contributed by atoms with Gasteiger partial charge in [0, 0.05) is 28.1 Å². The van der Waals surface area contributed by atoms with Crippen molar-refractivity contribution in [1.29, 1.82) is 0 Å². The molecule has 0 aliphatic carbocycles. The fourth-order valence-electron chi connectivity index (χ4n) is 2.53. The van der Waals surface area contributed by atoms with Crippen LogP contribution in [0.5, 0.6) is 5.75 Å².